The first kappa shape index (κ1) is 26.4. The zero-order chi connectivity index (χ0) is 28.0. The van der Waals surface area contributed by atoms with Crippen LogP contribution in [0.4, 0.5) is 0 Å². The Bertz CT molecular complexity index is 1750. The molecule has 0 spiro atoms. The third kappa shape index (κ3) is 4.96. The summed E-state index contributed by atoms with van der Waals surface area (Å²) < 4.78 is 31.5. The van der Waals surface area contributed by atoms with E-state index in [9.17, 15) is 13.2 Å². The minimum Gasteiger partial charge on any atom is -0.480 e. The molecule has 6 rings (SSSR count). The van der Waals surface area contributed by atoms with Crippen LogP contribution in [-0.2, 0) is 22.7 Å². The summed E-state index contributed by atoms with van der Waals surface area (Å²) in [5.74, 6) is 1.56. The van der Waals surface area contributed by atoms with Gasteiger partial charge in [-0.1, -0.05) is 13.0 Å². The average Bonchev–Trinajstić information content (AvgIpc) is 3.89. The van der Waals surface area contributed by atoms with Crippen molar-refractivity contribution in [3.05, 3.63) is 58.2 Å². The van der Waals surface area contributed by atoms with Crippen LogP contribution in [0.2, 0.25) is 0 Å². The van der Waals surface area contributed by atoms with Gasteiger partial charge in [-0.05, 0) is 63.0 Å². The molecular formula is C28H31N7O4S. The quantitative estimate of drug-likeness (QED) is 0.282. The fraction of sp³-hybridized carbons (Fsp3) is 0.464. The van der Waals surface area contributed by atoms with Gasteiger partial charge in [-0.25, -0.2) is 38.3 Å². The summed E-state index contributed by atoms with van der Waals surface area (Å²) in [5, 5.41) is 0.0569. The van der Waals surface area contributed by atoms with E-state index in [2.05, 4.69) is 26.9 Å². The van der Waals surface area contributed by atoms with Crippen molar-refractivity contribution in [2.45, 2.75) is 69.4 Å². The summed E-state index contributed by atoms with van der Waals surface area (Å²) in [4.78, 5) is 41.0. The number of sulfone groups is 1. The number of aromatic nitrogens is 7. The standard InChI is InChI=1S/C28H31N7O4S/c1-4-40(37,38)22-12-6-17(13-29-22)5-11-20-28(36)35(16(2)18-7-8-18)26-21(33-20)14-30-25(34-26)23-24(19-9-10-19)31-15-32-27(23)39-3/h6,12-16,18-19H,4-5,7-11H2,1-3H3/t16-/m0/s1. The second-order valence-electron chi connectivity index (χ2n) is 10.5. The SMILES string of the molecule is CCS(=O)(=O)c1ccc(CCc2nc3cnc(-c4c(OC)ncnc4C4CC4)nc3n([C@@H](C)C3CC3)c2=O)cn1. The Hall–Kier alpha value is -3.80. The van der Waals surface area contributed by atoms with Gasteiger partial charge in [-0.2, -0.15) is 0 Å². The highest BCUT2D eigenvalue weighted by Crippen LogP contribution is 2.45. The summed E-state index contributed by atoms with van der Waals surface area (Å²) in [6.45, 7) is 3.65. The number of fused-ring (bicyclic) bond motifs is 1. The van der Waals surface area contributed by atoms with Crippen LogP contribution in [0, 0.1) is 5.92 Å². The number of pyridine rings is 1. The number of aryl methyl sites for hydroxylation is 2. The second kappa shape index (κ2) is 10.3. The van der Waals surface area contributed by atoms with E-state index in [4.69, 9.17) is 14.7 Å². The lowest BCUT2D eigenvalue weighted by Gasteiger charge is -2.18. The Morgan fingerprint density at radius 3 is 2.48 bits per heavy atom. The number of hydrogen-bond donors (Lipinski definition) is 0. The molecule has 0 aliphatic heterocycles. The lowest BCUT2D eigenvalue weighted by Crippen LogP contribution is -2.30. The van der Waals surface area contributed by atoms with E-state index >= 15 is 0 Å². The van der Waals surface area contributed by atoms with E-state index in [0.29, 0.717) is 58.8 Å². The van der Waals surface area contributed by atoms with Gasteiger partial charge in [0, 0.05) is 18.2 Å². The van der Waals surface area contributed by atoms with Crippen LogP contribution in [0.5, 0.6) is 5.88 Å². The van der Waals surface area contributed by atoms with Crippen molar-refractivity contribution in [3.8, 4) is 17.3 Å². The zero-order valence-corrected chi connectivity index (χ0v) is 23.6. The Morgan fingerprint density at radius 1 is 1.02 bits per heavy atom. The van der Waals surface area contributed by atoms with E-state index in [1.165, 1.54) is 12.4 Å². The first-order valence-electron chi connectivity index (χ1n) is 13.7. The van der Waals surface area contributed by atoms with Crippen LogP contribution in [-0.4, -0.2) is 55.8 Å². The Labute approximate surface area is 232 Å². The smallest absolute Gasteiger partial charge is 0.274 e. The zero-order valence-electron chi connectivity index (χ0n) is 22.7. The monoisotopic (exact) mass is 561 g/mol. The largest absolute Gasteiger partial charge is 0.480 e. The molecule has 1 atom stereocenters. The van der Waals surface area contributed by atoms with Crippen molar-refractivity contribution >= 4 is 21.0 Å². The van der Waals surface area contributed by atoms with Gasteiger partial charge in [0.2, 0.25) is 5.88 Å². The Balaban J connectivity index is 1.39. The van der Waals surface area contributed by atoms with E-state index < -0.39 is 9.84 Å². The molecule has 2 aliphatic rings. The average molecular weight is 562 g/mol. The van der Waals surface area contributed by atoms with Gasteiger partial charge in [0.1, 0.15) is 23.1 Å². The number of rotatable bonds is 10. The number of methoxy groups -OCH3 is 1. The fourth-order valence-corrected chi connectivity index (χ4v) is 5.85. The Kier molecular flexibility index (Phi) is 6.81. The van der Waals surface area contributed by atoms with Crippen LogP contribution < -0.4 is 10.3 Å². The molecule has 2 saturated carbocycles. The van der Waals surface area contributed by atoms with Gasteiger partial charge in [0.05, 0.1) is 24.8 Å². The molecule has 208 valence electrons. The molecule has 0 unspecified atom stereocenters. The van der Waals surface area contributed by atoms with Crippen molar-refractivity contribution in [2.24, 2.45) is 5.92 Å². The van der Waals surface area contributed by atoms with Crippen molar-refractivity contribution in [1.82, 2.24) is 34.5 Å². The summed E-state index contributed by atoms with van der Waals surface area (Å²) in [5.41, 5.74) is 3.63. The van der Waals surface area contributed by atoms with Crippen molar-refractivity contribution in [1.29, 1.82) is 0 Å². The highest BCUT2D eigenvalue weighted by Gasteiger charge is 2.34. The highest BCUT2D eigenvalue weighted by atomic mass is 32.2. The molecule has 40 heavy (non-hydrogen) atoms. The normalized spacial score (nSPS) is 16.3. The maximum atomic E-state index is 13.9. The summed E-state index contributed by atoms with van der Waals surface area (Å²) in [6.07, 6.45) is 9.80. The number of nitrogens with zero attached hydrogens (tertiary/aromatic N) is 7. The van der Waals surface area contributed by atoms with E-state index in [1.807, 2.05) is 0 Å². The van der Waals surface area contributed by atoms with Crippen LogP contribution in [0.15, 0.2) is 40.7 Å². The Morgan fingerprint density at radius 2 is 1.82 bits per heavy atom. The molecule has 2 aliphatic carbocycles. The van der Waals surface area contributed by atoms with E-state index in [1.54, 1.807) is 37.1 Å². The molecule has 0 aromatic carbocycles. The van der Waals surface area contributed by atoms with Crippen molar-refractivity contribution in [3.63, 3.8) is 0 Å². The molecular weight excluding hydrogens is 530 g/mol. The first-order valence-corrected chi connectivity index (χ1v) is 15.3. The molecule has 12 heteroatoms. The third-order valence-electron chi connectivity index (χ3n) is 7.78. The number of hydrogen-bond acceptors (Lipinski definition) is 10. The summed E-state index contributed by atoms with van der Waals surface area (Å²) in [6, 6.07) is 3.21. The summed E-state index contributed by atoms with van der Waals surface area (Å²) >= 11 is 0. The molecule has 4 heterocycles. The maximum absolute atomic E-state index is 13.9. The topological polar surface area (TPSA) is 143 Å². The number of ether oxygens (including phenoxy) is 1. The fourth-order valence-electron chi connectivity index (χ4n) is 5.07. The maximum Gasteiger partial charge on any atom is 0.274 e. The van der Waals surface area contributed by atoms with Crippen LogP contribution in [0.25, 0.3) is 22.6 Å². The first-order chi connectivity index (χ1) is 19.3. The molecule has 0 amide bonds. The molecule has 11 nitrogen and oxygen atoms in total. The highest BCUT2D eigenvalue weighted by molar-refractivity contribution is 7.91. The van der Waals surface area contributed by atoms with Gasteiger partial charge < -0.3 is 4.74 Å². The predicted molar refractivity (Wildman–Crippen MR) is 148 cm³/mol. The third-order valence-corrected chi connectivity index (χ3v) is 9.42. The predicted octanol–water partition coefficient (Wildman–Crippen LogP) is 3.47. The lowest BCUT2D eigenvalue weighted by molar-refractivity contribution is 0.397. The molecule has 0 N–H and O–H groups in total. The van der Waals surface area contributed by atoms with Crippen LogP contribution >= 0.6 is 0 Å². The molecule has 0 radical (unpaired) electrons. The van der Waals surface area contributed by atoms with Gasteiger partial charge in [-0.15, -0.1) is 0 Å². The van der Waals surface area contributed by atoms with Gasteiger partial charge in [0.25, 0.3) is 5.56 Å². The molecule has 2 fully saturated rings. The van der Waals surface area contributed by atoms with Crippen LogP contribution in [0.3, 0.4) is 0 Å². The van der Waals surface area contributed by atoms with E-state index in [-0.39, 0.29) is 22.4 Å². The molecule has 4 aromatic rings. The lowest BCUT2D eigenvalue weighted by atomic mass is 10.1. The van der Waals surface area contributed by atoms with Gasteiger partial charge in [0.15, 0.2) is 26.3 Å². The van der Waals surface area contributed by atoms with E-state index in [0.717, 1.165) is 36.9 Å². The summed E-state index contributed by atoms with van der Waals surface area (Å²) in [7, 11) is -1.81. The molecule has 0 saturated heterocycles. The second-order valence-corrected chi connectivity index (χ2v) is 12.8. The van der Waals surface area contributed by atoms with Crippen molar-refractivity contribution in [2.75, 3.05) is 12.9 Å². The van der Waals surface area contributed by atoms with Crippen molar-refractivity contribution < 1.29 is 13.2 Å². The van der Waals surface area contributed by atoms with Gasteiger partial charge in [-0.3, -0.25) is 9.36 Å². The van der Waals surface area contributed by atoms with Gasteiger partial charge >= 0.3 is 0 Å². The molecule has 0 bridgehead atoms. The minimum absolute atomic E-state index is 0.00513. The molecule has 4 aromatic heterocycles. The minimum atomic E-state index is -3.37. The van der Waals surface area contributed by atoms with Crippen LogP contribution in [0.1, 0.15) is 68.4 Å².